The zero-order valence-electron chi connectivity index (χ0n) is 14.6. The van der Waals surface area contributed by atoms with Crippen molar-refractivity contribution >= 4 is 5.97 Å². The van der Waals surface area contributed by atoms with E-state index in [-0.39, 0.29) is 12.5 Å². The molecule has 3 nitrogen and oxygen atoms in total. The van der Waals surface area contributed by atoms with Gasteiger partial charge in [0.1, 0.15) is 0 Å². The van der Waals surface area contributed by atoms with Crippen molar-refractivity contribution in [3.05, 3.63) is 96.1 Å². The second kappa shape index (κ2) is 8.97. The zero-order valence-corrected chi connectivity index (χ0v) is 14.6. The summed E-state index contributed by atoms with van der Waals surface area (Å²) in [5.74, 6) is -0.587. The lowest BCUT2D eigenvalue weighted by atomic mass is 9.87. The molecule has 0 spiro atoms. The fourth-order valence-corrected chi connectivity index (χ4v) is 3.19. The third-order valence-corrected chi connectivity index (χ3v) is 4.51. The van der Waals surface area contributed by atoms with Crippen molar-refractivity contribution in [3.63, 3.8) is 0 Å². The fraction of sp³-hybridized carbons (Fsp3) is 0.174. The van der Waals surface area contributed by atoms with Crippen LogP contribution < -0.4 is 5.32 Å². The molecule has 0 bridgehead atoms. The Morgan fingerprint density at radius 1 is 0.769 bits per heavy atom. The van der Waals surface area contributed by atoms with Gasteiger partial charge < -0.3 is 10.4 Å². The van der Waals surface area contributed by atoms with Crippen LogP contribution in [0.3, 0.4) is 0 Å². The van der Waals surface area contributed by atoms with Gasteiger partial charge in [0.2, 0.25) is 0 Å². The smallest absolute Gasteiger partial charge is 0.317 e. The highest BCUT2D eigenvalue weighted by atomic mass is 16.4. The summed E-state index contributed by atoms with van der Waals surface area (Å²) in [6.07, 6.45) is 0.849. The van der Waals surface area contributed by atoms with E-state index < -0.39 is 5.97 Å². The van der Waals surface area contributed by atoms with Crippen molar-refractivity contribution in [2.24, 2.45) is 0 Å². The lowest BCUT2D eigenvalue weighted by molar-refractivity contribution is -0.135. The molecule has 1 unspecified atom stereocenters. The SMILES string of the molecule is O=C(O)CNCCC(c1ccccc1)c1ccc(-c2ccccc2)cc1. The molecule has 0 saturated carbocycles. The molecule has 3 rings (SSSR count). The topological polar surface area (TPSA) is 49.3 Å². The molecule has 26 heavy (non-hydrogen) atoms. The van der Waals surface area contributed by atoms with Gasteiger partial charge in [-0.1, -0.05) is 84.9 Å². The van der Waals surface area contributed by atoms with E-state index in [0.717, 1.165) is 6.42 Å². The Morgan fingerprint density at radius 3 is 1.92 bits per heavy atom. The van der Waals surface area contributed by atoms with Crippen molar-refractivity contribution in [2.75, 3.05) is 13.1 Å². The minimum absolute atomic E-state index is 0.00550. The molecular formula is C23H23NO2. The second-order valence-corrected chi connectivity index (χ2v) is 6.31. The maximum atomic E-state index is 10.7. The van der Waals surface area contributed by atoms with Crippen LogP contribution in [0.4, 0.5) is 0 Å². The molecule has 0 heterocycles. The molecular weight excluding hydrogens is 322 g/mol. The molecule has 0 aliphatic heterocycles. The second-order valence-electron chi connectivity index (χ2n) is 6.31. The zero-order chi connectivity index (χ0) is 18.2. The first-order valence-electron chi connectivity index (χ1n) is 8.87. The van der Waals surface area contributed by atoms with Gasteiger partial charge in [0.05, 0.1) is 6.54 Å². The van der Waals surface area contributed by atoms with Crippen molar-refractivity contribution in [1.29, 1.82) is 0 Å². The van der Waals surface area contributed by atoms with E-state index in [4.69, 9.17) is 5.11 Å². The van der Waals surface area contributed by atoms with Crippen molar-refractivity contribution < 1.29 is 9.90 Å². The molecule has 0 aromatic heterocycles. The summed E-state index contributed by atoms with van der Waals surface area (Å²) < 4.78 is 0. The highest BCUT2D eigenvalue weighted by Gasteiger charge is 2.14. The maximum Gasteiger partial charge on any atom is 0.317 e. The van der Waals surface area contributed by atoms with Gasteiger partial charge in [-0.25, -0.2) is 0 Å². The fourth-order valence-electron chi connectivity index (χ4n) is 3.19. The Bertz CT molecular complexity index is 814. The molecule has 0 radical (unpaired) electrons. The maximum absolute atomic E-state index is 10.7. The van der Waals surface area contributed by atoms with E-state index in [1.165, 1.54) is 22.3 Å². The summed E-state index contributed by atoms with van der Waals surface area (Å²) in [7, 11) is 0. The van der Waals surface area contributed by atoms with Gasteiger partial charge in [-0.05, 0) is 35.2 Å². The van der Waals surface area contributed by atoms with E-state index in [1.807, 2.05) is 36.4 Å². The summed E-state index contributed by atoms with van der Waals surface area (Å²) in [5.41, 5.74) is 4.90. The van der Waals surface area contributed by atoms with Gasteiger partial charge in [-0.2, -0.15) is 0 Å². The molecule has 0 saturated heterocycles. The average Bonchev–Trinajstić information content (AvgIpc) is 2.69. The highest BCUT2D eigenvalue weighted by molar-refractivity contribution is 5.69. The van der Waals surface area contributed by atoms with E-state index in [0.29, 0.717) is 6.54 Å². The number of carboxylic acids is 1. The van der Waals surface area contributed by atoms with Crippen molar-refractivity contribution in [2.45, 2.75) is 12.3 Å². The summed E-state index contributed by atoms with van der Waals surface area (Å²) in [6, 6.07) is 29.4. The Morgan fingerprint density at radius 2 is 1.31 bits per heavy atom. The summed E-state index contributed by atoms with van der Waals surface area (Å²) >= 11 is 0. The summed E-state index contributed by atoms with van der Waals surface area (Å²) in [6.45, 7) is 0.654. The summed E-state index contributed by atoms with van der Waals surface area (Å²) in [4.78, 5) is 10.7. The minimum Gasteiger partial charge on any atom is -0.480 e. The van der Waals surface area contributed by atoms with Gasteiger partial charge >= 0.3 is 5.97 Å². The number of hydrogen-bond donors (Lipinski definition) is 2. The Balaban J connectivity index is 1.78. The Hall–Kier alpha value is -2.91. The van der Waals surface area contributed by atoms with Crippen molar-refractivity contribution in [1.82, 2.24) is 5.32 Å². The van der Waals surface area contributed by atoms with E-state index in [1.54, 1.807) is 0 Å². The normalized spacial score (nSPS) is 11.8. The third-order valence-electron chi connectivity index (χ3n) is 4.51. The number of rotatable bonds is 8. The largest absolute Gasteiger partial charge is 0.480 e. The molecule has 1 atom stereocenters. The van der Waals surface area contributed by atoms with Gasteiger partial charge in [-0.3, -0.25) is 4.79 Å². The number of carbonyl (C=O) groups is 1. The first-order chi connectivity index (χ1) is 12.7. The predicted molar refractivity (Wildman–Crippen MR) is 105 cm³/mol. The molecule has 0 fully saturated rings. The van der Waals surface area contributed by atoms with Crippen molar-refractivity contribution in [3.8, 4) is 11.1 Å². The molecule has 132 valence electrons. The average molecular weight is 345 g/mol. The van der Waals surface area contributed by atoms with Crippen LogP contribution in [0.5, 0.6) is 0 Å². The van der Waals surface area contributed by atoms with Crippen LogP contribution in [0.25, 0.3) is 11.1 Å². The quantitative estimate of drug-likeness (QED) is 0.589. The Labute approximate surface area is 154 Å². The minimum atomic E-state index is -0.825. The number of carboxylic acid groups (broad SMARTS) is 1. The molecule has 3 aromatic rings. The summed E-state index contributed by atoms with van der Waals surface area (Å²) in [5, 5.41) is 11.8. The molecule has 0 aliphatic rings. The van der Waals surface area contributed by atoms with Gasteiger partial charge in [0, 0.05) is 5.92 Å². The number of benzene rings is 3. The van der Waals surface area contributed by atoms with Gasteiger partial charge in [-0.15, -0.1) is 0 Å². The molecule has 0 aliphatic carbocycles. The lowest BCUT2D eigenvalue weighted by Gasteiger charge is -2.19. The van der Waals surface area contributed by atoms with Crippen LogP contribution in [0.15, 0.2) is 84.9 Å². The first kappa shape index (κ1) is 17.9. The number of aliphatic carboxylic acids is 1. The lowest BCUT2D eigenvalue weighted by Crippen LogP contribution is -2.24. The first-order valence-corrected chi connectivity index (χ1v) is 8.87. The monoisotopic (exact) mass is 345 g/mol. The van der Waals surface area contributed by atoms with Crippen LogP contribution in [-0.2, 0) is 4.79 Å². The highest BCUT2D eigenvalue weighted by Crippen LogP contribution is 2.29. The standard InChI is InChI=1S/C23H23NO2/c25-23(26)17-24-16-15-22(20-9-5-2-6-10-20)21-13-11-19(12-14-21)18-7-3-1-4-8-18/h1-14,22,24H,15-17H2,(H,25,26). The predicted octanol–water partition coefficient (Wildman–Crippen LogP) is 4.55. The van der Waals surface area contributed by atoms with Crippen LogP contribution in [0, 0.1) is 0 Å². The van der Waals surface area contributed by atoms with Crippen LogP contribution in [0.2, 0.25) is 0 Å². The van der Waals surface area contributed by atoms with E-state index in [9.17, 15) is 4.79 Å². The molecule has 2 N–H and O–H groups in total. The molecule has 3 heteroatoms. The van der Waals surface area contributed by atoms with Crippen LogP contribution in [-0.4, -0.2) is 24.2 Å². The molecule has 3 aromatic carbocycles. The Kier molecular flexibility index (Phi) is 6.18. The van der Waals surface area contributed by atoms with Crippen LogP contribution >= 0.6 is 0 Å². The van der Waals surface area contributed by atoms with E-state index >= 15 is 0 Å². The van der Waals surface area contributed by atoms with Gasteiger partial charge in [0.25, 0.3) is 0 Å². The third kappa shape index (κ3) is 4.80. The van der Waals surface area contributed by atoms with Crippen LogP contribution in [0.1, 0.15) is 23.5 Å². The molecule has 0 amide bonds. The van der Waals surface area contributed by atoms with Gasteiger partial charge in [0.15, 0.2) is 0 Å². The van der Waals surface area contributed by atoms with E-state index in [2.05, 4.69) is 53.8 Å². The number of hydrogen-bond acceptors (Lipinski definition) is 2. The number of nitrogens with one attached hydrogen (secondary N) is 1.